The second-order valence-corrected chi connectivity index (χ2v) is 5.82. The summed E-state index contributed by atoms with van der Waals surface area (Å²) < 4.78 is 5.03. The number of amides is 1. The number of hydrogen-bond donors (Lipinski definition) is 1. The lowest BCUT2D eigenvalue weighted by atomic mass is 10.1. The van der Waals surface area contributed by atoms with Crippen LogP contribution in [0.1, 0.15) is 33.1 Å². The summed E-state index contributed by atoms with van der Waals surface area (Å²) in [7, 11) is 1.76. The molecule has 0 radical (unpaired) electrons. The maximum Gasteiger partial charge on any atom is 0.270 e. The van der Waals surface area contributed by atoms with Crippen molar-refractivity contribution in [1.82, 2.24) is 15.0 Å². The molecule has 5 heteroatoms. The molecule has 2 heterocycles. The Kier molecular flexibility index (Phi) is 3.48. The fourth-order valence-corrected chi connectivity index (χ4v) is 2.73. The van der Waals surface area contributed by atoms with Crippen LogP contribution in [0.4, 0.5) is 0 Å². The van der Waals surface area contributed by atoms with Crippen molar-refractivity contribution in [2.24, 2.45) is 0 Å². The van der Waals surface area contributed by atoms with Crippen molar-refractivity contribution in [2.75, 3.05) is 7.05 Å². The molecule has 1 amide bonds. The van der Waals surface area contributed by atoms with Gasteiger partial charge in [-0.2, -0.15) is 0 Å². The molecule has 0 unspecified atom stereocenters. The van der Waals surface area contributed by atoms with E-state index in [0.717, 1.165) is 22.4 Å². The van der Waals surface area contributed by atoms with Gasteiger partial charge in [0.25, 0.3) is 5.91 Å². The first kappa shape index (κ1) is 14.4. The fourth-order valence-electron chi connectivity index (χ4n) is 2.73. The van der Waals surface area contributed by atoms with Crippen LogP contribution in [0, 0.1) is 20.8 Å². The average Bonchev–Trinajstić information content (AvgIpc) is 3.04. The highest BCUT2D eigenvalue weighted by molar-refractivity contribution is 5.98. The summed E-state index contributed by atoms with van der Waals surface area (Å²) in [5, 5.41) is 5.00. The van der Waals surface area contributed by atoms with Crippen LogP contribution in [0.3, 0.4) is 0 Å². The highest BCUT2D eigenvalue weighted by Gasteiger charge is 2.16. The molecule has 1 N–H and O–H groups in total. The number of benzene rings is 1. The molecule has 3 aromatic rings. The highest BCUT2D eigenvalue weighted by Crippen LogP contribution is 2.22. The van der Waals surface area contributed by atoms with Gasteiger partial charge in [0.1, 0.15) is 17.1 Å². The van der Waals surface area contributed by atoms with Gasteiger partial charge in [-0.25, -0.2) is 0 Å². The number of carbonyl (C=O) groups is 1. The predicted octanol–water partition coefficient (Wildman–Crippen LogP) is 3.35. The predicted molar refractivity (Wildman–Crippen MR) is 84.8 cm³/mol. The monoisotopic (exact) mass is 297 g/mol. The maximum absolute atomic E-state index is 12.6. The van der Waals surface area contributed by atoms with Gasteiger partial charge in [-0.3, -0.25) is 4.79 Å². The molecule has 0 fully saturated rings. The number of fused-ring (bicyclic) bond motifs is 1. The molecule has 0 saturated heterocycles. The fraction of sp³-hybridized carbons (Fsp3) is 0.294. The molecule has 114 valence electrons. The SMILES string of the molecule is Cc1cc(C)c2cc(C(=O)N(C)Cc3cc(C)on3)[nH]c2c1. The van der Waals surface area contributed by atoms with Crippen LogP contribution in [0.25, 0.3) is 10.9 Å². The van der Waals surface area contributed by atoms with E-state index >= 15 is 0 Å². The minimum Gasteiger partial charge on any atom is -0.361 e. The summed E-state index contributed by atoms with van der Waals surface area (Å²) in [6.45, 7) is 6.36. The third kappa shape index (κ3) is 2.62. The Balaban J connectivity index is 1.86. The molecule has 0 saturated carbocycles. The van der Waals surface area contributed by atoms with Gasteiger partial charge in [-0.1, -0.05) is 11.2 Å². The summed E-state index contributed by atoms with van der Waals surface area (Å²) in [4.78, 5) is 17.4. The van der Waals surface area contributed by atoms with Crippen LogP contribution in [0.15, 0.2) is 28.8 Å². The molecule has 0 aliphatic rings. The molecule has 0 aliphatic carbocycles. The van der Waals surface area contributed by atoms with E-state index < -0.39 is 0 Å². The smallest absolute Gasteiger partial charge is 0.270 e. The van der Waals surface area contributed by atoms with E-state index in [0.29, 0.717) is 12.2 Å². The van der Waals surface area contributed by atoms with Crippen molar-refractivity contribution in [3.8, 4) is 0 Å². The van der Waals surface area contributed by atoms with Crippen molar-refractivity contribution in [1.29, 1.82) is 0 Å². The number of rotatable bonds is 3. The number of nitrogens with one attached hydrogen (secondary N) is 1. The lowest BCUT2D eigenvalue weighted by Crippen LogP contribution is -2.26. The summed E-state index contributed by atoms with van der Waals surface area (Å²) >= 11 is 0. The third-order valence-electron chi connectivity index (χ3n) is 3.74. The van der Waals surface area contributed by atoms with Gasteiger partial charge in [-0.05, 0) is 44.0 Å². The maximum atomic E-state index is 12.6. The van der Waals surface area contributed by atoms with E-state index in [9.17, 15) is 4.79 Å². The third-order valence-corrected chi connectivity index (χ3v) is 3.74. The van der Waals surface area contributed by atoms with E-state index in [1.54, 1.807) is 11.9 Å². The number of hydrogen-bond acceptors (Lipinski definition) is 3. The number of aromatic amines is 1. The Hall–Kier alpha value is -2.56. The molecule has 22 heavy (non-hydrogen) atoms. The molecule has 0 bridgehead atoms. The van der Waals surface area contributed by atoms with Crippen molar-refractivity contribution >= 4 is 16.8 Å². The van der Waals surface area contributed by atoms with Crippen LogP contribution in [0.5, 0.6) is 0 Å². The second kappa shape index (κ2) is 5.33. The van der Waals surface area contributed by atoms with Crippen molar-refractivity contribution in [3.63, 3.8) is 0 Å². The van der Waals surface area contributed by atoms with Crippen LogP contribution in [-0.4, -0.2) is 28.0 Å². The number of H-pyrrole nitrogens is 1. The van der Waals surface area contributed by atoms with Gasteiger partial charge in [0.2, 0.25) is 0 Å². The highest BCUT2D eigenvalue weighted by atomic mass is 16.5. The number of nitrogens with zero attached hydrogens (tertiary/aromatic N) is 2. The van der Waals surface area contributed by atoms with Gasteiger partial charge in [0, 0.05) is 24.0 Å². The Bertz CT molecular complexity index is 845. The first-order valence-electron chi connectivity index (χ1n) is 7.21. The molecule has 0 atom stereocenters. The normalized spacial score (nSPS) is 11.1. The van der Waals surface area contributed by atoms with Gasteiger partial charge >= 0.3 is 0 Å². The van der Waals surface area contributed by atoms with Crippen LogP contribution < -0.4 is 0 Å². The number of aryl methyl sites for hydroxylation is 3. The average molecular weight is 297 g/mol. The largest absolute Gasteiger partial charge is 0.361 e. The lowest BCUT2D eigenvalue weighted by molar-refractivity contribution is 0.0777. The Morgan fingerprint density at radius 1 is 1.23 bits per heavy atom. The van der Waals surface area contributed by atoms with Crippen molar-refractivity contribution in [2.45, 2.75) is 27.3 Å². The first-order valence-corrected chi connectivity index (χ1v) is 7.21. The summed E-state index contributed by atoms with van der Waals surface area (Å²) in [5.74, 6) is 0.682. The Morgan fingerprint density at radius 2 is 2.00 bits per heavy atom. The minimum atomic E-state index is -0.0612. The molecule has 5 nitrogen and oxygen atoms in total. The van der Waals surface area contributed by atoms with E-state index in [1.807, 2.05) is 26.0 Å². The van der Waals surface area contributed by atoms with Gasteiger partial charge in [0.15, 0.2) is 0 Å². The van der Waals surface area contributed by atoms with E-state index in [4.69, 9.17) is 4.52 Å². The molecule has 1 aromatic carbocycles. The molecule has 2 aromatic heterocycles. The molecular formula is C17H19N3O2. The minimum absolute atomic E-state index is 0.0612. The second-order valence-electron chi connectivity index (χ2n) is 5.82. The first-order chi connectivity index (χ1) is 10.4. The zero-order chi connectivity index (χ0) is 15.9. The number of aromatic nitrogens is 2. The quantitative estimate of drug-likeness (QED) is 0.806. The lowest BCUT2D eigenvalue weighted by Gasteiger charge is -2.14. The van der Waals surface area contributed by atoms with Crippen LogP contribution >= 0.6 is 0 Å². The van der Waals surface area contributed by atoms with Crippen LogP contribution in [0.2, 0.25) is 0 Å². The van der Waals surface area contributed by atoms with E-state index in [2.05, 4.69) is 29.2 Å². The van der Waals surface area contributed by atoms with Gasteiger partial charge < -0.3 is 14.4 Å². The topological polar surface area (TPSA) is 62.1 Å². The van der Waals surface area contributed by atoms with E-state index in [-0.39, 0.29) is 5.91 Å². The standard InChI is InChI=1S/C17H19N3O2/c1-10-5-11(2)14-8-16(18-15(14)6-10)17(21)20(4)9-13-7-12(3)22-19-13/h5-8,18H,9H2,1-4H3. The zero-order valence-electron chi connectivity index (χ0n) is 13.2. The summed E-state index contributed by atoms with van der Waals surface area (Å²) in [6, 6.07) is 7.92. The van der Waals surface area contributed by atoms with Crippen molar-refractivity contribution in [3.05, 3.63) is 52.5 Å². The van der Waals surface area contributed by atoms with E-state index in [1.165, 1.54) is 11.1 Å². The number of carbonyl (C=O) groups excluding carboxylic acids is 1. The van der Waals surface area contributed by atoms with Crippen LogP contribution in [-0.2, 0) is 6.54 Å². The van der Waals surface area contributed by atoms with Gasteiger partial charge in [-0.15, -0.1) is 0 Å². The van der Waals surface area contributed by atoms with Gasteiger partial charge in [0.05, 0.1) is 6.54 Å². The molecular weight excluding hydrogens is 278 g/mol. The molecule has 0 aliphatic heterocycles. The summed E-state index contributed by atoms with van der Waals surface area (Å²) in [6.07, 6.45) is 0. The summed E-state index contributed by atoms with van der Waals surface area (Å²) in [5.41, 5.74) is 4.67. The van der Waals surface area contributed by atoms with Crippen molar-refractivity contribution < 1.29 is 9.32 Å². The Morgan fingerprint density at radius 3 is 2.68 bits per heavy atom. The Labute approximate surface area is 128 Å². The zero-order valence-corrected chi connectivity index (χ0v) is 13.2. The molecule has 0 spiro atoms. The molecule has 3 rings (SSSR count).